The van der Waals surface area contributed by atoms with E-state index in [4.69, 9.17) is 14.3 Å². The van der Waals surface area contributed by atoms with Gasteiger partial charge >= 0.3 is 0 Å². The summed E-state index contributed by atoms with van der Waals surface area (Å²) >= 11 is 0. The van der Waals surface area contributed by atoms with Crippen molar-refractivity contribution in [3.05, 3.63) is 39.9 Å². The molecule has 144 valence electrons. The van der Waals surface area contributed by atoms with Gasteiger partial charge in [-0.2, -0.15) is 5.26 Å². The molecule has 1 aromatic rings. The van der Waals surface area contributed by atoms with Crippen LogP contribution in [0.5, 0.6) is 0 Å². The number of nitro benzene ring substituents is 1. The lowest BCUT2D eigenvalue weighted by Gasteiger charge is -2.37. The Bertz CT molecular complexity index is 611. The van der Waals surface area contributed by atoms with Crippen LogP contribution in [0.2, 0.25) is 0 Å². The van der Waals surface area contributed by atoms with Crippen LogP contribution >= 0.6 is 8.53 Å². The Morgan fingerprint density at radius 1 is 1.27 bits per heavy atom. The molecule has 7 nitrogen and oxygen atoms in total. The third-order valence-electron chi connectivity index (χ3n) is 3.73. The Balaban J connectivity index is 3.13. The number of nitriles is 1. The summed E-state index contributed by atoms with van der Waals surface area (Å²) in [5.74, 6) is 0. The minimum Gasteiger partial charge on any atom is -0.321 e. The zero-order chi connectivity index (χ0) is 19.7. The zero-order valence-corrected chi connectivity index (χ0v) is 17.0. The molecule has 2 unspecified atom stereocenters. The van der Waals surface area contributed by atoms with Crippen molar-refractivity contribution < 1.29 is 14.0 Å². The second-order valence-electron chi connectivity index (χ2n) is 6.36. The molecule has 0 amide bonds. The molecule has 0 radical (unpaired) electrons. The normalized spacial score (nSPS) is 13.8. The summed E-state index contributed by atoms with van der Waals surface area (Å²) in [7, 11) is -1.46. The van der Waals surface area contributed by atoms with Crippen molar-refractivity contribution in [3.63, 3.8) is 0 Å². The molecule has 8 heteroatoms. The number of hydrogen-bond acceptors (Lipinski definition) is 6. The SMILES string of the molecule is CCC(OP(OCCC#N)N(C(C)C)C(C)C)c1ccccc1[N+](=O)[O-]. The van der Waals surface area contributed by atoms with Gasteiger partial charge in [0.05, 0.1) is 35.7 Å². The predicted molar refractivity (Wildman–Crippen MR) is 102 cm³/mol. The quantitative estimate of drug-likeness (QED) is 0.222. The highest BCUT2D eigenvalue weighted by atomic mass is 31.2. The van der Waals surface area contributed by atoms with Crippen LogP contribution in [0.3, 0.4) is 0 Å². The smallest absolute Gasteiger partial charge is 0.275 e. The van der Waals surface area contributed by atoms with E-state index in [0.717, 1.165) is 0 Å². The van der Waals surface area contributed by atoms with Crippen LogP contribution in [0.15, 0.2) is 24.3 Å². The number of nitrogens with zero attached hydrogens (tertiary/aromatic N) is 3. The summed E-state index contributed by atoms with van der Waals surface area (Å²) in [6.45, 7) is 10.4. The van der Waals surface area contributed by atoms with Crippen molar-refractivity contribution in [2.75, 3.05) is 6.61 Å². The molecule has 26 heavy (non-hydrogen) atoms. The molecule has 0 saturated heterocycles. The predicted octanol–water partition coefficient (Wildman–Crippen LogP) is 5.34. The highest BCUT2D eigenvalue weighted by Gasteiger charge is 2.31. The van der Waals surface area contributed by atoms with E-state index >= 15 is 0 Å². The van der Waals surface area contributed by atoms with Gasteiger partial charge in [-0.05, 0) is 40.2 Å². The molecular weight excluding hydrogens is 353 g/mol. The van der Waals surface area contributed by atoms with Gasteiger partial charge in [-0.1, -0.05) is 19.1 Å². The van der Waals surface area contributed by atoms with Crippen molar-refractivity contribution in [3.8, 4) is 6.07 Å². The molecule has 0 N–H and O–H groups in total. The number of nitro groups is 1. The first-order valence-electron chi connectivity index (χ1n) is 8.81. The van der Waals surface area contributed by atoms with Crippen LogP contribution in [0.4, 0.5) is 5.69 Å². The van der Waals surface area contributed by atoms with E-state index < -0.39 is 14.6 Å². The van der Waals surface area contributed by atoms with Crippen LogP contribution in [-0.4, -0.2) is 28.3 Å². The average Bonchev–Trinajstić information content (AvgIpc) is 2.58. The van der Waals surface area contributed by atoms with E-state index in [-0.39, 0.29) is 35.7 Å². The summed E-state index contributed by atoms with van der Waals surface area (Å²) in [5, 5.41) is 20.2. The summed E-state index contributed by atoms with van der Waals surface area (Å²) in [5.41, 5.74) is 0.593. The van der Waals surface area contributed by atoms with Gasteiger partial charge in [0, 0.05) is 18.2 Å². The summed E-state index contributed by atoms with van der Waals surface area (Å²) < 4.78 is 14.3. The minimum atomic E-state index is -1.46. The van der Waals surface area contributed by atoms with Crippen molar-refractivity contribution in [2.45, 2.75) is 65.6 Å². The van der Waals surface area contributed by atoms with E-state index in [1.54, 1.807) is 18.2 Å². The van der Waals surface area contributed by atoms with Gasteiger partial charge in [0.25, 0.3) is 14.2 Å². The molecule has 0 spiro atoms. The van der Waals surface area contributed by atoms with E-state index in [9.17, 15) is 10.1 Å². The van der Waals surface area contributed by atoms with Crippen molar-refractivity contribution >= 4 is 14.2 Å². The first-order valence-corrected chi connectivity index (χ1v) is 9.94. The standard InChI is InChI=1S/C18H28N3O4P/c1-6-18(16-10-7-8-11-17(16)21(22)23)25-26(24-13-9-12-19)20(14(2)3)15(4)5/h7-8,10-11,14-15,18H,6,9,13H2,1-5H3. The van der Waals surface area contributed by atoms with Gasteiger partial charge < -0.3 is 9.05 Å². The highest BCUT2D eigenvalue weighted by Crippen LogP contribution is 2.51. The molecule has 0 aliphatic rings. The lowest BCUT2D eigenvalue weighted by Crippen LogP contribution is -2.34. The highest BCUT2D eigenvalue weighted by molar-refractivity contribution is 7.44. The molecule has 0 fully saturated rings. The van der Waals surface area contributed by atoms with Crippen LogP contribution in [-0.2, 0) is 9.05 Å². The third-order valence-corrected chi connectivity index (χ3v) is 5.87. The summed E-state index contributed by atoms with van der Waals surface area (Å²) in [6, 6.07) is 9.05. The number of para-hydroxylation sites is 1. The van der Waals surface area contributed by atoms with Gasteiger partial charge in [-0.15, -0.1) is 0 Å². The fourth-order valence-corrected chi connectivity index (χ4v) is 4.47. The van der Waals surface area contributed by atoms with Crippen LogP contribution in [0, 0.1) is 21.4 Å². The van der Waals surface area contributed by atoms with Crippen LogP contribution in [0.25, 0.3) is 0 Å². The number of rotatable bonds is 11. The Morgan fingerprint density at radius 3 is 2.38 bits per heavy atom. The second kappa shape index (κ2) is 11.2. The third kappa shape index (κ3) is 6.30. The molecule has 0 bridgehead atoms. The van der Waals surface area contributed by atoms with E-state index in [1.807, 2.05) is 6.92 Å². The Morgan fingerprint density at radius 2 is 1.88 bits per heavy atom. The molecule has 1 rings (SSSR count). The lowest BCUT2D eigenvalue weighted by molar-refractivity contribution is -0.386. The largest absolute Gasteiger partial charge is 0.321 e. The first kappa shape index (κ1) is 22.5. The minimum absolute atomic E-state index is 0.0481. The van der Waals surface area contributed by atoms with Crippen molar-refractivity contribution in [2.24, 2.45) is 0 Å². The fourth-order valence-electron chi connectivity index (χ4n) is 2.68. The van der Waals surface area contributed by atoms with Gasteiger partial charge in [0.2, 0.25) is 0 Å². The van der Waals surface area contributed by atoms with Gasteiger partial charge in [-0.3, -0.25) is 10.1 Å². The lowest BCUT2D eigenvalue weighted by atomic mass is 10.1. The maximum Gasteiger partial charge on any atom is 0.275 e. The molecule has 1 aromatic carbocycles. The average molecular weight is 381 g/mol. The topological polar surface area (TPSA) is 88.6 Å². The van der Waals surface area contributed by atoms with E-state index in [2.05, 4.69) is 38.4 Å². The van der Waals surface area contributed by atoms with Crippen LogP contribution in [0.1, 0.15) is 59.1 Å². The maximum atomic E-state index is 11.4. The van der Waals surface area contributed by atoms with E-state index in [1.165, 1.54) is 6.07 Å². The maximum absolute atomic E-state index is 11.4. The first-order chi connectivity index (χ1) is 12.3. The Labute approximate surface area is 157 Å². The monoisotopic (exact) mass is 381 g/mol. The molecule has 0 aliphatic heterocycles. The van der Waals surface area contributed by atoms with Gasteiger partial charge in [-0.25, -0.2) is 4.67 Å². The zero-order valence-electron chi connectivity index (χ0n) is 16.1. The Hall–Kier alpha value is -1.58. The molecule has 0 aromatic heterocycles. The molecule has 0 aliphatic carbocycles. The second-order valence-corrected chi connectivity index (χ2v) is 7.77. The molecule has 2 atom stereocenters. The van der Waals surface area contributed by atoms with Gasteiger partial charge in [0.1, 0.15) is 0 Å². The van der Waals surface area contributed by atoms with Crippen molar-refractivity contribution in [1.29, 1.82) is 5.26 Å². The molecule has 0 saturated carbocycles. The molecule has 0 heterocycles. The van der Waals surface area contributed by atoms with Gasteiger partial charge in [0.15, 0.2) is 0 Å². The summed E-state index contributed by atoms with van der Waals surface area (Å²) in [4.78, 5) is 11.0. The summed E-state index contributed by atoms with van der Waals surface area (Å²) in [6.07, 6.45) is 0.397. The van der Waals surface area contributed by atoms with E-state index in [0.29, 0.717) is 12.0 Å². The number of benzene rings is 1. The van der Waals surface area contributed by atoms with Crippen molar-refractivity contribution in [1.82, 2.24) is 4.67 Å². The fraction of sp³-hybridized carbons (Fsp3) is 0.611. The molecular formula is C18H28N3O4P. The number of hydrogen-bond donors (Lipinski definition) is 0. The van der Waals surface area contributed by atoms with Crippen LogP contribution < -0.4 is 0 Å². The Kier molecular flexibility index (Phi) is 9.68.